The zero-order valence-electron chi connectivity index (χ0n) is 4.58. The zero-order valence-corrected chi connectivity index (χ0v) is 4.58. The van der Waals surface area contributed by atoms with Crippen molar-refractivity contribution < 1.29 is 15.0 Å². The Labute approximate surface area is 48.6 Å². The largest absolute Gasteiger partial charge is 0.516 e. The number of hydrogen-bond acceptors (Lipinski definition) is 3. The van der Waals surface area contributed by atoms with Gasteiger partial charge in [0, 0.05) is 0 Å². The van der Waals surface area contributed by atoms with Crippen molar-refractivity contribution in [1.82, 2.24) is 0 Å². The van der Waals surface area contributed by atoms with E-state index in [4.69, 9.17) is 15.0 Å². The van der Waals surface area contributed by atoms with E-state index in [0.29, 0.717) is 0 Å². The van der Waals surface area contributed by atoms with E-state index in [1.165, 1.54) is 0 Å². The van der Waals surface area contributed by atoms with Crippen LogP contribution in [0.25, 0.3) is 0 Å². The molecular formula is C5H10O3. The molecule has 3 nitrogen and oxygen atoms in total. The summed E-state index contributed by atoms with van der Waals surface area (Å²) in [6.07, 6.45) is 1.50. The van der Waals surface area contributed by atoms with Crippen LogP contribution in [0.5, 0.6) is 0 Å². The van der Waals surface area contributed by atoms with E-state index in [2.05, 4.69) is 13.2 Å². The van der Waals surface area contributed by atoms with Gasteiger partial charge in [0.05, 0.1) is 12.5 Å². The van der Waals surface area contributed by atoms with E-state index < -0.39 is 0 Å². The molecule has 0 saturated carbocycles. The van der Waals surface area contributed by atoms with Crippen molar-refractivity contribution in [3.63, 3.8) is 0 Å². The van der Waals surface area contributed by atoms with Gasteiger partial charge in [0.25, 0.3) is 0 Å². The molecular weight excluding hydrogens is 108 g/mol. The lowest BCUT2D eigenvalue weighted by molar-refractivity contribution is -0.0979. The molecule has 0 rings (SSSR count). The lowest BCUT2D eigenvalue weighted by Gasteiger charge is -1.41. The van der Waals surface area contributed by atoms with Gasteiger partial charge in [-0.05, 0) is 0 Å². The summed E-state index contributed by atoms with van der Waals surface area (Å²) >= 11 is 0. The highest BCUT2D eigenvalue weighted by atomic mass is 16.2. The third-order valence-corrected chi connectivity index (χ3v) is 0. The van der Waals surface area contributed by atoms with Crippen molar-refractivity contribution in [3.05, 3.63) is 25.7 Å². The molecule has 3 heteroatoms. The van der Waals surface area contributed by atoms with E-state index in [1.807, 2.05) is 6.79 Å². The van der Waals surface area contributed by atoms with Crippen LogP contribution in [-0.4, -0.2) is 17.0 Å². The topological polar surface area (TPSA) is 57.5 Å². The Bertz CT molecular complexity index is 36.9. The summed E-state index contributed by atoms with van der Waals surface area (Å²) in [6.45, 7) is 7.83. The smallest absolute Gasteiger partial charge is 0.106 e. The molecule has 0 fully saturated rings. The molecule has 0 radical (unpaired) electrons. The van der Waals surface area contributed by atoms with Crippen LogP contribution in [0.4, 0.5) is 0 Å². The summed E-state index contributed by atoms with van der Waals surface area (Å²) in [7, 11) is 0. The molecule has 2 N–H and O–H groups in total. The Balaban J connectivity index is -0.0000000483. The summed E-state index contributed by atoms with van der Waals surface area (Å²) in [5.74, 6) is 0. The fourth-order valence-electron chi connectivity index (χ4n) is 0. The Morgan fingerprint density at radius 2 is 1.00 bits per heavy atom. The highest BCUT2D eigenvalue weighted by Crippen LogP contribution is 1.26. The highest BCUT2D eigenvalue weighted by Gasteiger charge is 1.11. The van der Waals surface area contributed by atoms with Crippen LogP contribution in [-0.2, 0) is 4.79 Å². The van der Waals surface area contributed by atoms with Gasteiger partial charge in [-0.25, -0.2) is 0 Å². The minimum absolute atomic E-state index is 0.750. The summed E-state index contributed by atoms with van der Waals surface area (Å²) < 4.78 is 0. The normalized spacial score (nSPS) is 3.50. The summed E-state index contributed by atoms with van der Waals surface area (Å²) in [5.41, 5.74) is 0. The van der Waals surface area contributed by atoms with Crippen LogP contribution < -0.4 is 0 Å². The van der Waals surface area contributed by atoms with E-state index in [-0.39, 0.29) is 0 Å². The molecule has 0 saturated heterocycles. The molecule has 0 aromatic carbocycles. The fourth-order valence-corrected chi connectivity index (χ4v) is 0. The summed E-state index contributed by atoms with van der Waals surface area (Å²) in [6, 6.07) is 0. The van der Waals surface area contributed by atoms with Crippen LogP contribution >= 0.6 is 0 Å². The van der Waals surface area contributed by atoms with Gasteiger partial charge >= 0.3 is 0 Å². The average Bonchev–Trinajstić information content (AvgIpc) is 1.75. The van der Waals surface area contributed by atoms with Crippen molar-refractivity contribution in [1.29, 1.82) is 0 Å². The molecule has 0 aromatic rings. The van der Waals surface area contributed by atoms with Crippen molar-refractivity contribution in [2.75, 3.05) is 0 Å². The van der Waals surface area contributed by atoms with Gasteiger partial charge in [0.15, 0.2) is 0 Å². The quantitative estimate of drug-likeness (QED) is 0.470. The van der Waals surface area contributed by atoms with E-state index in [1.54, 1.807) is 0 Å². The van der Waals surface area contributed by atoms with Crippen LogP contribution in [0.15, 0.2) is 25.7 Å². The minimum atomic E-state index is 0.750. The van der Waals surface area contributed by atoms with Gasteiger partial charge in [0.2, 0.25) is 0 Å². The zero-order chi connectivity index (χ0) is 7.41. The minimum Gasteiger partial charge on any atom is -0.516 e. The molecule has 0 spiro atoms. The number of carbonyl (C=O) groups excluding carboxylic acids is 1. The van der Waals surface area contributed by atoms with Gasteiger partial charge in [-0.1, -0.05) is 13.2 Å². The maximum Gasteiger partial charge on any atom is 0.106 e. The van der Waals surface area contributed by atoms with Crippen LogP contribution in [0.1, 0.15) is 0 Å². The first-order chi connectivity index (χ1) is 3.83. The number of aliphatic hydroxyl groups is 2. The molecule has 0 heterocycles. The second kappa shape index (κ2) is 231. The van der Waals surface area contributed by atoms with E-state index in [9.17, 15) is 0 Å². The number of carbonyl (C=O) groups is 1. The predicted octanol–water partition coefficient (Wildman–Crippen LogP) is 1.19. The first-order valence-electron chi connectivity index (χ1n) is 1.62. The summed E-state index contributed by atoms with van der Waals surface area (Å²) in [4.78, 5) is 8.00. The SMILES string of the molecule is C=CO.C=CO.C=O. The standard InChI is InChI=1S/2C2H4O.CH2O/c2*1-2-3;1-2/h2*2-3H,1H2;1H2. The van der Waals surface area contributed by atoms with Crippen molar-refractivity contribution in [2.24, 2.45) is 0 Å². The van der Waals surface area contributed by atoms with Gasteiger partial charge in [-0.2, -0.15) is 0 Å². The maximum absolute atomic E-state index is 8.00. The van der Waals surface area contributed by atoms with Crippen LogP contribution in [0.3, 0.4) is 0 Å². The number of aliphatic hydroxyl groups excluding tert-OH is 2. The fraction of sp³-hybridized carbons (Fsp3) is 0. The molecule has 0 amide bonds. The first-order valence-corrected chi connectivity index (χ1v) is 1.62. The van der Waals surface area contributed by atoms with Gasteiger partial charge in [-0.15, -0.1) is 0 Å². The second-order valence-corrected chi connectivity index (χ2v) is 0.365. The van der Waals surface area contributed by atoms with E-state index in [0.717, 1.165) is 12.5 Å². The van der Waals surface area contributed by atoms with Crippen LogP contribution in [0, 0.1) is 0 Å². The van der Waals surface area contributed by atoms with E-state index >= 15 is 0 Å². The average molecular weight is 118 g/mol. The van der Waals surface area contributed by atoms with Crippen molar-refractivity contribution in [3.8, 4) is 0 Å². The van der Waals surface area contributed by atoms with Gasteiger partial charge in [-0.3, -0.25) is 0 Å². The Morgan fingerprint density at radius 1 is 1.00 bits per heavy atom. The molecule has 0 bridgehead atoms. The molecule has 0 aromatic heterocycles. The molecule has 8 heavy (non-hydrogen) atoms. The molecule has 0 atom stereocenters. The van der Waals surface area contributed by atoms with Crippen LogP contribution in [0.2, 0.25) is 0 Å². The lowest BCUT2D eigenvalue weighted by atomic mass is 11.2. The third-order valence-electron chi connectivity index (χ3n) is 0. The molecule has 0 aliphatic heterocycles. The van der Waals surface area contributed by atoms with Crippen molar-refractivity contribution >= 4 is 6.79 Å². The van der Waals surface area contributed by atoms with Gasteiger partial charge in [0.1, 0.15) is 6.79 Å². The lowest BCUT2D eigenvalue weighted by Crippen LogP contribution is -1.25. The Morgan fingerprint density at radius 3 is 1.00 bits per heavy atom. The Hall–Kier alpha value is -1.25. The second-order valence-electron chi connectivity index (χ2n) is 0.365. The number of rotatable bonds is 0. The highest BCUT2D eigenvalue weighted by molar-refractivity contribution is 5.10. The molecule has 0 aliphatic carbocycles. The predicted molar refractivity (Wildman–Crippen MR) is 32.8 cm³/mol. The summed E-state index contributed by atoms with van der Waals surface area (Å²) in [5, 5.41) is 14.7. The Kier molecular flexibility index (Phi) is 458. The van der Waals surface area contributed by atoms with Gasteiger partial charge < -0.3 is 15.0 Å². The molecule has 0 aliphatic rings. The maximum atomic E-state index is 8.00. The van der Waals surface area contributed by atoms with Crippen molar-refractivity contribution in [2.45, 2.75) is 0 Å². The molecule has 48 valence electrons. The first kappa shape index (κ1) is 15.9. The third kappa shape index (κ3) is 42.7. The monoisotopic (exact) mass is 118 g/mol. The number of hydrogen-bond donors (Lipinski definition) is 2. The molecule has 0 unspecified atom stereocenters.